The zero-order chi connectivity index (χ0) is 20.0. The number of rotatable bonds is 4. The summed E-state index contributed by atoms with van der Waals surface area (Å²) in [5, 5.41) is 13.2. The van der Waals surface area contributed by atoms with Crippen LogP contribution in [0, 0.1) is 11.3 Å². The molecule has 4 aromatic rings. The van der Waals surface area contributed by atoms with Crippen molar-refractivity contribution in [3.05, 3.63) is 70.1 Å². The van der Waals surface area contributed by atoms with Gasteiger partial charge < -0.3 is 9.09 Å². The lowest BCUT2D eigenvalue weighted by Crippen LogP contribution is -2.23. The molecule has 144 valence electrons. The molecule has 1 aliphatic carbocycles. The lowest BCUT2D eigenvalue weighted by Gasteiger charge is -2.33. The molecule has 9 nitrogen and oxygen atoms in total. The van der Waals surface area contributed by atoms with E-state index in [1.54, 1.807) is 17.9 Å². The molecule has 1 saturated carbocycles. The standard InChI is InChI=1S/C20H17N7O2/c1-26-10-22-19-17(26)20(28)27(11-23-19)9-16-24-18(25-29-16)15-6-14(7-15)13-4-2-3-12(5-13)8-21/h2-5,10-11,14-15H,6-7,9H2,1H3. The fraction of sp³-hybridized carbons (Fsp3) is 0.300. The van der Waals surface area contributed by atoms with Crippen molar-refractivity contribution in [1.29, 1.82) is 5.26 Å². The highest BCUT2D eigenvalue weighted by atomic mass is 16.5. The van der Waals surface area contributed by atoms with Crippen molar-refractivity contribution in [1.82, 2.24) is 29.2 Å². The quantitative estimate of drug-likeness (QED) is 0.526. The van der Waals surface area contributed by atoms with Crippen LogP contribution in [-0.2, 0) is 13.6 Å². The van der Waals surface area contributed by atoms with Crippen LogP contribution in [0.1, 0.15) is 47.5 Å². The summed E-state index contributed by atoms with van der Waals surface area (Å²) in [5.74, 6) is 1.66. The molecule has 0 radical (unpaired) electrons. The Kier molecular flexibility index (Phi) is 3.98. The summed E-state index contributed by atoms with van der Waals surface area (Å²) in [4.78, 5) is 25.4. The predicted octanol–water partition coefficient (Wildman–Crippen LogP) is 2.09. The number of fused-ring (bicyclic) bond motifs is 1. The lowest BCUT2D eigenvalue weighted by atomic mass is 9.71. The van der Waals surface area contributed by atoms with Gasteiger partial charge in [0.25, 0.3) is 5.56 Å². The smallest absolute Gasteiger partial charge is 0.280 e. The highest BCUT2D eigenvalue weighted by Gasteiger charge is 2.34. The molecule has 0 amide bonds. The second-order valence-electron chi connectivity index (χ2n) is 7.35. The molecular formula is C20H17N7O2. The second kappa shape index (κ2) is 6.67. The number of hydrogen-bond acceptors (Lipinski definition) is 7. The number of hydrogen-bond donors (Lipinski definition) is 0. The van der Waals surface area contributed by atoms with E-state index in [0.29, 0.717) is 34.4 Å². The third kappa shape index (κ3) is 2.99. The zero-order valence-electron chi connectivity index (χ0n) is 15.7. The number of aryl methyl sites for hydroxylation is 1. The number of benzene rings is 1. The van der Waals surface area contributed by atoms with Gasteiger partial charge in [-0.25, -0.2) is 9.97 Å². The fourth-order valence-corrected chi connectivity index (χ4v) is 3.79. The predicted molar refractivity (Wildman–Crippen MR) is 102 cm³/mol. The van der Waals surface area contributed by atoms with Crippen LogP contribution in [0.3, 0.4) is 0 Å². The summed E-state index contributed by atoms with van der Waals surface area (Å²) in [6, 6.07) is 9.90. The summed E-state index contributed by atoms with van der Waals surface area (Å²) >= 11 is 0. The number of nitriles is 1. The van der Waals surface area contributed by atoms with E-state index in [2.05, 4.69) is 32.2 Å². The number of aromatic nitrogens is 6. The van der Waals surface area contributed by atoms with Crippen molar-refractivity contribution in [3.8, 4) is 6.07 Å². The first-order valence-electron chi connectivity index (χ1n) is 9.31. The van der Waals surface area contributed by atoms with Crippen LogP contribution in [0.4, 0.5) is 0 Å². The van der Waals surface area contributed by atoms with E-state index in [1.807, 2.05) is 18.2 Å². The van der Waals surface area contributed by atoms with Gasteiger partial charge in [-0.2, -0.15) is 10.2 Å². The van der Waals surface area contributed by atoms with Gasteiger partial charge in [-0.05, 0) is 36.5 Å². The first-order valence-corrected chi connectivity index (χ1v) is 9.31. The Morgan fingerprint density at radius 2 is 2.07 bits per heavy atom. The third-order valence-electron chi connectivity index (χ3n) is 5.48. The van der Waals surface area contributed by atoms with Gasteiger partial charge in [0.15, 0.2) is 17.0 Å². The molecule has 3 aromatic heterocycles. The Balaban J connectivity index is 1.30. The lowest BCUT2D eigenvalue weighted by molar-refractivity contribution is 0.315. The molecule has 1 fully saturated rings. The molecule has 5 rings (SSSR count). The summed E-state index contributed by atoms with van der Waals surface area (Å²) < 4.78 is 8.46. The van der Waals surface area contributed by atoms with Gasteiger partial charge in [0, 0.05) is 13.0 Å². The van der Waals surface area contributed by atoms with E-state index in [4.69, 9.17) is 9.78 Å². The van der Waals surface area contributed by atoms with Crippen LogP contribution in [-0.4, -0.2) is 29.2 Å². The first kappa shape index (κ1) is 17.3. The Morgan fingerprint density at radius 1 is 1.24 bits per heavy atom. The Labute approximate surface area is 165 Å². The molecule has 1 aromatic carbocycles. The molecule has 0 spiro atoms. The van der Waals surface area contributed by atoms with Gasteiger partial charge in [-0.1, -0.05) is 17.3 Å². The maximum Gasteiger partial charge on any atom is 0.280 e. The normalized spacial score (nSPS) is 18.5. The van der Waals surface area contributed by atoms with Crippen LogP contribution in [0.2, 0.25) is 0 Å². The molecule has 1 aliphatic rings. The molecule has 29 heavy (non-hydrogen) atoms. The average Bonchev–Trinajstić information content (AvgIpc) is 3.30. The minimum absolute atomic E-state index is 0.167. The van der Waals surface area contributed by atoms with Gasteiger partial charge in [0.05, 0.1) is 18.0 Å². The van der Waals surface area contributed by atoms with Crippen LogP contribution in [0.15, 0.2) is 46.2 Å². The molecule has 0 aliphatic heterocycles. The maximum absolute atomic E-state index is 12.6. The molecule has 0 unspecified atom stereocenters. The van der Waals surface area contributed by atoms with Gasteiger partial charge in [0.2, 0.25) is 5.89 Å². The molecular weight excluding hydrogens is 370 g/mol. The topological polar surface area (TPSA) is 115 Å². The van der Waals surface area contributed by atoms with Gasteiger partial charge in [0.1, 0.15) is 12.9 Å². The van der Waals surface area contributed by atoms with E-state index < -0.39 is 0 Å². The largest absolute Gasteiger partial charge is 0.337 e. The number of nitrogens with zero attached hydrogens (tertiary/aromatic N) is 7. The fourth-order valence-electron chi connectivity index (χ4n) is 3.79. The molecule has 9 heteroatoms. The molecule has 0 saturated heterocycles. The summed E-state index contributed by atoms with van der Waals surface area (Å²) in [6.07, 6.45) is 4.84. The summed E-state index contributed by atoms with van der Waals surface area (Å²) in [7, 11) is 1.76. The minimum Gasteiger partial charge on any atom is -0.337 e. The van der Waals surface area contributed by atoms with Crippen LogP contribution in [0.5, 0.6) is 0 Å². The van der Waals surface area contributed by atoms with Crippen molar-refractivity contribution in [2.24, 2.45) is 7.05 Å². The van der Waals surface area contributed by atoms with Crippen LogP contribution < -0.4 is 5.56 Å². The van der Waals surface area contributed by atoms with Gasteiger partial charge in [-0.15, -0.1) is 0 Å². The Morgan fingerprint density at radius 3 is 2.90 bits per heavy atom. The molecule has 0 atom stereocenters. The molecule has 0 N–H and O–H groups in total. The highest BCUT2D eigenvalue weighted by molar-refractivity contribution is 5.68. The number of imidazole rings is 1. The highest BCUT2D eigenvalue weighted by Crippen LogP contribution is 2.46. The van der Waals surface area contributed by atoms with Crippen molar-refractivity contribution in [2.45, 2.75) is 31.2 Å². The van der Waals surface area contributed by atoms with Gasteiger partial charge in [-0.3, -0.25) is 9.36 Å². The van der Waals surface area contributed by atoms with E-state index in [-0.39, 0.29) is 18.0 Å². The molecule has 0 bridgehead atoms. The van der Waals surface area contributed by atoms with Crippen molar-refractivity contribution >= 4 is 11.2 Å². The van der Waals surface area contributed by atoms with Crippen LogP contribution >= 0.6 is 0 Å². The van der Waals surface area contributed by atoms with Crippen molar-refractivity contribution in [3.63, 3.8) is 0 Å². The van der Waals surface area contributed by atoms with Crippen LogP contribution in [0.25, 0.3) is 11.2 Å². The Bertz CT molecular complexity index is 1300. The van der Waals surface area contributed by atoms with Crippen molar-refractivity contribution in [2.75, 3.05) is 0 Å². The Hall–Kier alpha value is -3.80. The summed E-state index contributed by atoms with van der Waals surface area (Å²) in [5.41, 5.74) is 2.51. The summed E-state index contributed by atoms with van der Waals surface area (Å²) in [6.45, 7) is 0.167. The first-order chi connectivity index (χ1) is 14.1. The second-order valence-corrected chi connectivity index (χ2v) is 7.35. The van der Waals surface area contributed by atoms with Crippen molar-refractivity contribution < 1.29 is 4.52 Å². The van der Waals surface area contributed by atoms with E-state index in [0.717, 1.165) is 12.8 Å². The van der Waals surface area contributed by atoms with Gasteiger partial charge >= 0.3 is 0 Å². The molecule has 3 heterocycles. The minimum atomic E-state index is -0.198. The van der Waals surface area contributed by atoms with E-state index >= 15 is 0 Å². The SMILES string of the molecule is Cn1cnc2ncn(Cc3nc(C4CC(c5cccc(C#N)c5)C4)no3)c(=O)c21. The van der Waals surface area contributed by atoms with E-state index in [9.17, 15) is 4.79 Å². The zero-order valence-corrected chi connectivity index (χ0v) is 15.7. The van der Waals surface area contributed by atoms with E-state index in [1.165, 1.54) is 16.5 Å². The third-order valence-corrected chi connectivity index (χ3v) is 5.48. The maximum atomic E-state index is 12.6. The monoisotopic (exact) mass is 387 g/mol. The average molecular weight is 387 g/mol.